The minimum Gasteiger partial charge on any atom is -0.309 e. The molecule has 0 unspecified atom stereocenters. The van der Waals surface area contributed by atoms with Crippen molar-refractivity contribution >= 4 is 43.4 Å². The van der Waals surface area contributed by atoms with E-state index in [0.29, 0.717) is 0 Å². The molecule has 0 saturated heterocycles. The third-order valence-corrected chi connectivity index (χ3v) is 11.7. The molecule has 2 heteroatoms. The molecule has 0 atom stereocenters. The summed E-state index contributed by atoms with van der Waals surface area (Å²) in [6, 6.07) is 73.1. The van der Waals surface area contributed by atoms with Gasteiger partial charge in [0.2, 0.25) is 0 Å². The van der Waals surface area contributed by atoms with Gasteiger partial charge in [0.1, 0.15) is 0 Å². The van der Waals surface area contributed by atoms with E-state index < -0.39 is 0 Å². The Bertz CT molecular complexity index is 3260. The van der Waals surface area contributed by atoms with E-state index in [1.54, 1.807) is 0 Å². The third-order valence-electron chi connectivity index (χ3n) is 11.7. The largest absolute Gasteiger partial charge is 0.309 e. The van der Waals surface area contributed by atoms with Crippen LogP contribution in [0.2, 0.25) is 0 Å². The summed E-state index contributed by atoms with van der Waals surface area (Å²) in [4.78, 5) is 4.56. The number of hydrogen-bond acceptors (Lipinski definition) is 1. The molecule has 0 aliphatic heterocycles. The normalized spacial score (nSPS) is 11.5. The van der Waals surface area contributed by atoms with E-state index in [9.17, 15) is 0 Å². The van der Waals surface area contributed by atoms with Crippen molar-refractivity contribution in [1.29, 1.82) is 0 Å². The Morgan fingerprint density at radius 2 is 0.828 bits per heavy atom. The zero-order valence-electron chi connectivity index (χ0n) is 32.1. The van der Waals surface area contributed by atoms with Gasteiger partial charge in [-0.3, -0.25) is 4.98 Å². The number of aryl methyl sites for hydroxylation is 1. The lowest BCUT2D eigenvalue weighted by Gasteiger charge is -2.19. The first-order chi connectivity index (χ1) is 28.7. The third kappa shape index (κ3) is 5.69. The van der Waals surface area contributed by atoms with E-state index in [1.807, 2.05) is 12.4 Å². The molecule has 0 bridgehead atoms. The highest BCUT2D eigenvalue weighted by Gasteiger charge is 2.19. The van der Waals surface area contributed by atoms with E-state index in [2.05, 4.69) is 217 Å². The van der Waals surface area contributed by atoms with Gasteiger partial charge in [-0.1, -0.05) is 164 Å². The lowest BCUT2D eigenvalue weighted by atomic mass is 9.85. The fourth-order valence-electron chi connectivity index (χ4n) is 9.08. The summed E-state index contributed by atoms with van der Waals surface area (Å²) in [5.41, 5.74) is 16.9. The Morgan fingerprint density at radius 3 is 1.47 bits per heavy atom. The van der Waals surface area contributed by atoms with Crippen LogP contribution >= 0.6 is 0 Å². The van der Waals surface area contributed by atoms with Crippen molar-refractivity contribution in [3.63, 3.8) is 0 Å². The molecule has 2 heterocycles. The monoisotopic (exact) mass is 738 g/mol. The van der Waals surface area contributed by atoms with E-state index in [4.69, 9.17) is 0 Å². The van der Waals surface area contributed by atoms with Crippen molar-refractivity contribution in [2.75, 3.05) is 0 Å². The van der Waals surface area contributed by atoms with Gasteiger partial charge in [-0.05, 0) is 126 Å². The van der Waals surface area contributed by atoms with Crippen LogP contribution in [-0.2, 0) is 0 Å². The molecular formula is C56H38N2. The number of aromatic nitrogens is 2. The molecule has 0 saturated carbocycles. The maximum atomic E-state index is 4.56. The first-order valence-corrected chi connectivity index (χ1v) is 19.9. The van der Waals surface area contributed by atoms with Gasteiger partial charge >= 0.3 is 0 Å². The highest BCUT2D eigenvalue weighted by molar-refractivity contribution is 6.21. The van der Waals surface area contributed by atoms with Gasteiger partial charge in [-0.15, -0.1) is 0 Å². The lowest BCUT2D eigenvalue weighted by molar-refractivity contribution is 1.18. The molecule has 11 aromatic rings. The van der Waals surface area contributed by atoms with Gasteiger partial charge in [0.25, 0.3) is 0 Å². The molecule has 58 heavy (non-hydrogen) atoms. The Balaban J connectivity index is 1.05. The second-order valence-electron chi connectivity index (χ2n) is 15.2. The fraction of sp³-hybridized carbons (Fsp3) is 0.0179. The molecule has 0 fully saturated rings. The van der Waals surface area contributed by atoms with Crippen LogP contribution in [0.5, 0.6) is 0 Å². The number of benzene rings is 9. The average Bonchev–Trinajstić information content (AvgIpc) is 3.62. The standard InChI is InChI=1S/C56H38N2/c1-37-31-44(39-15-6-3-7-16-39)33-45(32-37)40-23-25-41(26-24-40)55-47-19-8-10-21-49(47)56(50-22-11-9-20-48(50)55)43-17-12-18-46(34-43)58-53-28-27-42(38-13-4-2-5-14-38)35-51(53)52-36-57-30-29-54(52)58/h2-36H,1H3. The van der Waals surface area contributed by atoms with Gasteiger partial charge < -0.3 is 4.57 Å². The number of nitrogens with zero attached hydrogens (tertiary/aromatic N) is 2. The van der Waals surface area contributed by atoms with Crippen LogP contribution in [0.1, 0.15) is 5.56 Å². The molecule has 2 aromatic heterocycles. The highest BCUT2D eigenvalue weighted by Crippen LogP contribution is 2.45. The summed E-state index contributed by atoms with van der Waals surface area (Å²) >= 11 is 0. The Hall–Kier alpha value is -7.55. The minimum atomic E-state index is 1.12. The molecule has 0 radical (unpaired) electrons. The molecule has 0 aliphatic rings. The van der Waals surface area contributed by atoms with Crippen molar-refractivity contribution in [3.8, 4) is 61.3 Å². The van der Waals surface area contributed by atoms with Gasteiger partial charge in [-0.25, -0.2) is 0 Å². The van der Waals surface area contributed by atoms with Gasteiger partial charge in [0.05, 0.1) is 11.0 Å². The fourth-order valence-corrected chi connectivity index (χ4v) is 9.08. The number of hydrogen-bond donors (Lipinski definition) is 0. The molecule has 0 spiro atoms. The predicted molar refractivity (Wildman–Crippen MR) is 246 cm³/mol. The summed E-state index contributed by atoms with van der Waals surface area (Å²) in [6.45, 7) is 2.18. The molecular weight excluding hydrogens is 701 g/mol. The van der Waals surface area contributed by atoms with Crippen LogP contribution in [-0.4, -0.2) is 9.55 Å². The summed E-state index contributed by atoms with van der Waals surface area (Å²) < 4.78 is 2.39. The van der Waals surface area contributed by atoms with Crippen LogP contribution < -0.4 is 0 Å². The van der Waals surface area contributed by atoms with Crippen LogP contribution in [0.4, 0.5) is 0 Å². The molecule has 9 aromatic carbocycles. The van der Waals surface area contributed by atoms with Crippen LogP contribution in [0, 0.1) is 6.92 Å². The zero-order chi connectivity index (χ0) is 38.6. The van der Waals surface area contributed by atoms with Crippen LogP contribution in [0.25, 0.3) is 105 Å². The van der Waals surface area contributed by atoms with E-state index in [0.717, 1.165) is 22.1 Å². The van der Waals surface area contributed by atoms with Crippen molar-refractivity contribution in [3.05, 3.63) is 218 Å². The molecule has 0 aliphatic carbocycles. The lowest BCUT2D eigenvalue weighted by Crippen LogP contribution is -1.95. The topological polar surface area (TPSA) is 17.8 Å². The van der Waals surface area contributed by atoms with E-state index in [1.165, 1.54) is 88.1 Å². The SMILES string of the molecule is Cc1cc(-c2ccccc2)cc(-c2ccc(-c3c4ccccc4c(-c4cccc(-n5c6ccncc6c6cc(-c7ccccc7)ccc65)c4)c4ccccc34)cc2)c1. The quantitative estimate of drug-likeness (QED) is 0.155. The first kappa shape index (κ1) is 33.8. The Morgan fingerprint density at radius 1 is 0.328 bits per heavy atom. The van der Waals surface area contributed by atoms with E-state index >= 15 is 0 Å². The summed E-state index contributed by atoms with van der Waals surface area (Å²) in [5, 5.41) is 7.30. The molecule has 0 N–H and O–H groups in total. The first-order valence-electron chi connectivity index (χ1n) is 19.9. The highest BCUT2D eigenvalue weighted by atomic mass is 15.0. The van der Waals surface area contributed by atoms with Crippen molar-refractivity contribution in [2.45, 2.75) is 6.92 Å². The summed E-state index contributed by atoms with van der Waals surface area (Å²) in [7, 11) is 0. The minimum absolute atomic E-state index is 1.12. The Kier molecular flexibility index (Phi) is 8.08. The van der Waals surface area contributed by atoms with Crippen LogP contribution in [0.15, 0.2) is 213 Å². The van der Waals surface area contributed by atoms with Crippen molar-refractivity contribution < 1.29 is 0 Å². The summed E-state index contributed by atoms with van der Waals surface area (Å²) in [5.74, 6) is 0. The van der Waals surface area contributed by atoms with Crippen molar-refractivity contribution in [2.24, 2.45) is 0 Å². The molecule has 2 nitrogen and oxygen atoms in total. The second kappa shape index (κ2) is 13.9. The van der Waals surface area contributed by atoms with E-state index in [-0.39, 0.29) is 0 Å². The predicted octanol–water partition coefficient (Wildman–Crippen LogP) is 15.1. The van der Waals surface area contributed by atoms with Gasteiger partial charge in [-0.2, -0.15) is 0 Å². The van der Waals surface area contributed by atoms with Crippen molar-refractivity contribution in [1.82, 2.24) is 9.55 Å². The molecule has 0 amide bonds. The summed E-state index contributed by atoms with van der Waals surface area (Å²) in [6.07, 6.45) is 3.90. The maximum absolute atomic E-state index is 4.56. The second-order valence-corrected chi connectivity index (χ2v) is 15.2. The molecule has 272 valence electrons. The number of pyridine rings is 1. The van der Waals surface area contributed by atoms with Crippen LogP contribution in [0.3, 0.4) is 0 Å². The zero-order valence-corrected chi connectivity index (χ0v) is 32.1. The Labute approximate surface area is 338 Å². The number of fused-ring (bicyclic) bond motifs is 5. The molecule has 11 rings (SSSR count). The smallest absolute Gasteiger partial charge is 0.0571 e. The average molecular weight is 739 g/mol. The van der Waals surface area contributed by atoms with Gasteiger partial charge in [0.15, 0.2) is 0 Å². The maximum Gasteiger partial charge on any atom is 0.0571 e. The van der Waals surface area contributed by atoms with Gasteiger partial charge in [0, 0.05) is 28.9 Å². The number of rotatable bonds is 6.